The molecule has 0 heterocycles. The van der Waals surface area contributed by atoms with Gasteiger partial charge in [0, 0.05) is 5.92 Å². The molecule has 1 amide bonds. The number of carbonyl (C=O) groups excluding carboxylic acids is 1. The zero-order chi connectivity index (χ0) is 11.9. The van der Waals surface area contributed by atoms with E-state index in [0.29, 0.717) is 4.99 Å². The molecule has 0 spiro atoms. The third kappa shape index (κ3) is 2.48. The van der Waals surface area contributed by atoms with Crippen LogP contribution in [-0.2, 0) is 4.79 Å². The van der Waals surface area contributed by atoms with Crippen molar-refractivity contribution in [2.45, 2.75) is 46.1 Å². The van der Waals surface area contributed by atoms with Gasteiger partial charge in [0.2, 0.25) is 5.91 Å². The van der Waals surface area contributed by atoms with Gasteiger partial charge in [-0.3, -0.25) is 4.79 Å². The van der Waals surface area contributed by atoms with Crippen molar-refractivity contribution >= 4 is 23.1 Å². The summed E-state index contributed by atoms with van der Waals surface area (Å²) in [7, 11) is 0. The van der Waals surface area contributed by atoms with Gasteiger partial charge in [-0.25, -0.2) is 0 Å². The fourth-order valence-electron chi connectivity index (χ4n) is 1.60. The van der Waals surface area contributed by atoms with Gasteiger partial charge in [-0.15, -0.1) is 0 Å². The summed E-state index contributed by atoms with van der Waals surface area (Å²) in [6.07, 6.45) is 1.68. The van der Waals surface area contributed by atoms with Gasteiger partial charge in [0.25, 0.3) is 0 Å². The molecule has 1 aliphatic rings. The maximum absolute atomic E-state index is 11.9. The van der Waals surface area contributed by atoms with Gasteiger partial charge in [-0.1, -0.05) is 33.0 Å². The summed E-state index contributed by atoms with van der Waals surface area (Å²) in [5.41, 5.74) is 5.25. The molecule has 3 N–H and O–H groups in total. The summed E-state index contributed by atoms with van der Waals surface area (Å²) in [5.74, 6) is 0.204. The first-order valence-electron chi connectivity index (χ1n) is 5.35. The van der Waals surface area contributed by atoms with Crippen molar-refractivity contribution < 1.29 is 4.79 Å². The van der Waals surface area contributed by atoms with Crippen LogP contribution in [0.2, 0.25) is 0 Å². The molecular weight excluding hydrogens is 208 g/mol. The highest BCUT2D eigenvalue weighted by molar-refractivity contribution is 7.80. The highest BCUT2D eigenvalue weighted by Gasteiger charge is 2.51. The molecule has 0 radical (unpaired) electrons. The number of nitrogens with one attached hydrogen (secondary N) is 1. The van der Waals surface area contributed by atoms with Crippen molar-refractivity contribution in [3.63, 3.8) is 0 Å². The fraction of sp³-hybridized carbons (Fsp3) is 0.818. The van der Waals surface area contributed by atoms with Gasteiger partial charge in [0.15, 0.2) is 0 Å². The molecule has 0 bridgehead atoms. The van der Waals surface area contributed by atoms with Crippen LogP contribution in [0, 0.1) is 11.3 Å². The highest BCUT2D eigenvalue weighted by Crippen LogP contribution is 2.51. The third-order valence-electron chi connectivity index (χ3n) is 3.48. The average molecular weight is 228 g/mol. The molecule has 86 valence electrons. The van der Waals surface area contributed by atoms with E-state index in [-0.39, 0.29) is 17.2 Å². The van der Waals surface area contributed by atoms with E-state index in [1.165, 1.54) is 0 Å². The minimum absolute atomic E-state index is 0.0807. The summed E-state index contributed by atoms with van der Waals surface area (Å²) in [6, 6.07) is 0. The SMILES string of the molecule is CCC(C)(NC(=O)C1CC1(C)C)C(N)=S. The minimum atomic E-state index is -0.537. The van der Waals surface area contributed by atoms with Crippen LogP contribution in [0.25, 0.3) is 0 Å². The van der Waals surface area contributed by atoms with Crippen molar-refractivity contribution in [3.8, 4) is 0 Å². The van der Waals surface area contributed by atoms with E-state index >= 15 is 0 Å². The second-order valence-corrected chi connectivity index (χ2v) is 5.72. The lowest BCUT2D eigenvalue weighted by Crippen LogP contribution is -2.54. The Kier molecular flexibility index (Phi) is 3.10. The molecule has 3 nitrogen and oxygen atoms in total. The molecule has 1 rings (SSSR count). The summed E-state index contributed by atoms with van der Waals surface area (Å²) >= 11 is 4.98. The Labute approximate surface area is 96.8 Å². The Bertz CT molecular complexity index is 301. The van der Waals surface area contributed by atoms with Crippen LogP contribution in [0.15, 0.2) is 0 Å². The molecule has 1 fully saturated rings. The van der Waals surface area contributed by atoms with Gasteiger partial charge >= 0.3 is 0 Å². The Morgan fingerprint density at radius 3 is 2.40 bits per heavy atom. The molecule has 0 saturated heterocycles. The molecule has 15 heavy (non-hydrogen) atoms. The van der Waals surface area contributed by atoms with E-state index in [1.807, 2.05) is 13.8 Å². The quantitative estimate of drug-likeness (QED) is 0.719. The second-order valence-electron chi connectivity index (χ2n) is 5.28. The number of thiocarbonyl (C=S) groups is 1. The molecule has 4 heteroatoms. The minimum Gasteiger partial charge on any atom is -0.391 e. The van der Waals surface area contributed by atoms with E-state index in [1.54, 1.807) is 0 Å². The number of carbonyl (C=O) groups is 1. The third-order valence-corrected chi connectivity index (χ3v) is 3.93. The van der Waals surface area contributed by atoms with Crippen LogP contribution in [0.4, 0.5) is 0 Å². The molecule has 2 atom stereocenters. The fourth-order valence-corrected chi connectivity index (χ4v) is 1.79. The number of hydrogen-bond donors (Lipinski definition) is 2. The summed E-state index contributed by atoms with van der Waals surface area (Å²) in [5, 5.41) is 2.95. The van der Waals surface area contributed by atoms with Crippen LogP contribution in [0.3, 0.4) is 0 Å². The van der Waals surface area contributed by atoms with Gasteiger partial charge in [-0.05, 0) is 25.2 Å². The molecule has 0 aromatic carbocycles. The molecule has 0 aliphatic heterocycles. The average Bonchev–Trinajstić information content (AvgIpc) is 2.74. The van der Waals surface area contributed by atoms with Crippen molar-refractivity contribution in [1.82, 2.24) is 5.32 Å². The maximum atomic E-state index is 11.9. The number of rotatable bonds is 4. The van der Waals surface area contributed by atoms with Crippen LogP contribution in [-0.4, -0.2) is 16.4 Å². The number of nitrogens with two attached hydrogens (primary N) is 1. The molecule has 2 unspecified atom stereocenters. The van der Waals surface area contributed by atoms with Crippen molar-refractivity contribution in [3.05, 3.63) is 0 Å². The van der Waals surface area contributed by atoms with Gasteiger partial charge in [0.1, 0.15) is 0 Å². The van der Waals surface area contributed by atoms with E-state index in [2.05, 4.69) is 19.2 Å². The Morgan fingerprint density at radius 2 is 2.13 bits per heavy atom. The standard InChI is InChI=1S/C11H20N2OS/c1-5-11(4,9(12)15)13-8(14)7-6-10(7,2)3/h7H,5-6H2,1-4H3,(H2,12,15)(H,13,14). The van der Waals surface area contributed by atoms with Crippen LogP contribution in [0.5, 0.6) is 0 Å². The first kappa shape index (κ1) is 12.4. The molecular formula is C11H20N2OS. The monoisotopic (exact) mass is 228 g/mol. The Balaban J connectivity index is 2.62. The first-order chi connectivity index (χ1) is 6.73. The Hall–Kier alpha value is -0.640. The van der Waals surface area contributed by atoms with E-state index in [9.17, 15) is 4.79 Å². The van der Waals surface area contributed by atoms with Crippen molar-refractivity contribution in [2.24, 2.45) is 17.1 Å². The lowest BCUT2D eigenvalue weighted by atomic mass is 9.98. The van der Waals surface area contributed by atoms with Gasteiger partial charge in [0.05, 0.1) is 10.5 Å². The normalized spacial score (nSPS) is 26.5. The predicted molar refractivity (Wildman–Crippen MR) is 65.5 cm³/mol. The second kappa shape index (κ2) is 3.74. The number of amides is 1. The van der Waals surface area contributed by atoms with Crippen LogP contribution in [0.1, 0.15) is 40.5 Å². The smallest absolute Gasteiger partial charge is 0.224 e. The topological polar surface area (TPSA) is 55.1 Å². The maximum Gasteiger partial charge on any atom is 0.224 e. The van der Waals surface area contributed by atoms with Gasteiger partial charge in [-0.2, -0.15) is 0 Å². The zero-order valence-corrected chi connectivity index (χ0v) is 10.7. The first-order valence-corrected chi connectivity index (χ1v) is 5.75. The molecule has 0 aromatic rings. The summed E-state index contributed by atoms with van der Waals surface area (Å²) < 4.78 is 0. The van der Waals surface area contributed by atoms with Crippen LogP contribution < -0.4 is 11.1 Å². The van der Waals surface area contributed by atoms with E-state index < -0.39 is 5.54 Å². The van der Waals surface area contributed by atoms with E-state index in [0.717, 1.165) is 12.8 Å². The molecule has 0 aromatic heterocycles. The summed E-state index contributed by atoms with van der Waals surface area (Å²) in [6.45, 7) is 8.04. The zero-order valence-electron chi connectivity index (χ0n) is 9.89. The summed E-state index contributed by atoms with van der Waals surface area (Å²) in [4.78, 5) is 12.2. The molecule has 1 saturated carbocycles. The molecule has 1 aliphatic carbocycles. The lowest BCUT2D eigenvalue weighted by molar-refractivity contribution is -0.124. The highest BCUT2D eigenvalue weighted by atomic mass is 32.1. The Morgan fingerprint density at radius 1 is 1.67 bits per heavy atom. The lowest BCUT2D eigenvalue weighted by Gasteiger charge is -2.28. The van der Waals surface area contributed by atoms with E-state index in [4.69, 9.17) is 18.0 Å². The van der Waals surface area contributed by atoms with Crippen molar-refractivity contribution in [1.29, 1.82) is 0 Å². The predicted octanol–water partition coefficient (Wildman–Crippen LogP) is 1.60. The largest absolute Gasteiger partial charge is 0.391 e. The number of hydrogen-bond acceptors (Lipinski definition) is 2. The van der Waals surface area contributed by atoms with Gasteiger partial charge < -0.3 is 11.1 Å². The van der Waals surface area contributed by atoms with Crippen LogP contribution >= 0.6 is 12.2 Å². The van der Waals surface area contributed by atoms with Crippen molar-refractivity contribution in [2.75, 3.05) is 0 Å².